The molecule has 0 bridgehead atoms. The third kappa shape index (κ3) is 5.86. The number of anilines is 1. The van der Waals surface area contributed by atoms with Crippen molar-refractivity contribution in [2.45, 2.75) is 26.4 Å². The van der Waals surface area contributed by atoms with Crippen molar-refractivity contribution in [1.82, 2.24) is 5.32 Å². The Kier molecular flexibility index (Phi) is 6.23. The van der Waals surface area contributed by atoms with Crippen LogP contribution in [0.15, 0.2) is 18.2 Å². The zero-order chi connectivity index (χ0) is 16.0. The smallest absolute Gasteiger partial charge is 0.313 e. The number of nitrogens with one attached hydrogen (secondary N) is 2. The summed E-state index contributed by atoms with van der Waals surface area (Å²) in [6.45, 7) is 3.65. The molecule has 2 amide bonds. The molecule has 0 saturated heterocycles. The zero-order valence-corrected chi connectivity index (χ0v) is 11.8. The first-order valence-electron chi connectivity index (χ1n) is 6.52. The lowest BCUT2D eigenvalue weighted by atomic mass is 10.0. The standard InChI is InChI=1S/C14H18F2N2O3/c1-8(5-9(2)19)7-17-13(20)14(21)18-12-4-3-10(15)6-11(12)16/h3-4,6,8-9,19H,5,7H2,1-2H3,(H,17,20)(H,18,21). The van der Waals surface area contributed by atoms with Crippen molar-refractivity contribution in [3.63, 3.8) is 0 Å². The molecule has 0 saturated carbocycles. The Balaban J connectivity index is 2.49. The van der Waals surface area contributed by atoms with Gasteiger partial charge in [0, 0.05) is 12.6 Å². The van der Waals surface area contributed by atoms with Gasteiger partial charge in [0.25, 0.3) is 0 Å². The van der Waals surface area contributed by atoms with E-state index in [9.17, 15) is 23.5 Å². The van der Waals surface area contributed by atoms with Crippen molar-refractivity contribution in [1.29, 1.82) is 0 Å². The molecule has 3 N–H and O–H groups in total. The maximum Gasteiger partial charge on any atom is 0.313 e. The Morgan fingerprint density at radius 3 is 2.48 bits per heavy atom. The van der Waals surface area contributed by atoms with Gasteiger partial charge in [-0.3, -0.25) is 9.59 Å². The molecule has 0 spiro atoms. The Labute approximate surface area is 121 Å². The average molecular weight is 300 g/mol. The van der Waals surface area contributed by atoms with Crippen LogP contribution in [-0.4, -0.2) is 29.6 Å². The van der Waals surface area contributed by atoms with Crippen molar-refractivity contribution in [3.8, 4) is 0 Å². The van der Waals surface area contributed by atoms with E-state index in [0.717, 1.165) is 12.1 Å². The number of hydrogen-bond donors (Lipinski definition) is 3. The lowest BCUT2D eigenvalue weighted by Gasteiger charge is -2.14. The molecular formula is C14H18F2N2O3. The molecule has 1 aromatic carbocycles. The molecule has 0 aliphatic rings. The van der Waals surface area contributed by atoms with E-state index in [1.165, 1.54) is 0 Å². The third-order valence-electron chi connectivity index (χ3n) is 2.74. The predicted molar refractivity (Wildman–Crippen MR) is 73.5 cm³/mol. The fourth-order valence-corrected chi connectivity index (χ4v) is 1.78. The van der Waals surface area contributed by atoms with Gasteiger partial charge in [-0.05, 0) is 31.4 Å². The number of halogens is 2. The van der Waals surface area contributed by atoms with Gasteiger partial charge < -0.3 is 15.7 Å². The summed E-state index contributed by atoms with van der Waals surface area (Å²) < 4.78 is 26.0. The van der Waals surface area contributed by atoms with Crippen LogP contribution in [0.1, 0.15) is 20.3 Å². The van der Waals surface area contributed by atoms with Crippen molar-refractivity contribution >= 4 is 17.5 Å². The summed E-state index contributed by atoms with van der Waals surface area (Å²) in [5, 5.41) is 13.6. The molecule has 0 aliphatic heterocycles. The molecule has 0 fully saturated rings. The number of aliphatic hydroxyl groups is 1. The summed E-state index contributed by atoms with van der Waals surface area (Å²) in [7, 11) is 0. The van der Waals surface area contributed by atoms with E-state index in [-0.39, 0.29) is 18.2 Å². The molecular weight excluding hydrogens is 282 g/mol. The van der Waals surface area contributed by atoms with Gasteiger partial charge in [-0.2, -0.15) is 0 Å². The van der Waals surface area contributed by atoms with Gasteiger partial charge >= 0.3 is 11.8 Å². The Morgan fingerprint density at radius 2 is 1.90 bits per heavy atom. The Bertz CT molecular complexity index is 521. The van der Waals surface area contributed by atoms with Gasteiger partial charge in [0.1, 0.15) is 11.6 Å². The van der Waals surface area contributed by atoms with E-state index < -0.39 is 29.6 Å². The average Bonchev–Trinajstić information content (AvgIpc) is 2.38. The summed E-state index contributed by atoms with van der Waals surface area (Å²) in [6.07, 6.45) is -0.0202. The van der Waals surface area contributed by atoms with Crippen LogP contribution in [-0.2, 0) is 9.59 Å². The fourth-order valence-electron chi connectivity index (χ4n) is 1.78. The van der Waals surface area contributed by atoms with Gasteiger partial charge in [0.05, 0.1) is 11.8 Å². The van der Waals surface area contributed by atoms with E-state index in [1.807, 2.05) is 6.92 Å². The van der Waals surface area contributed by atoms with Crippen molar-refractivity contribution < 1.29 is 23.5 Å². The van der Waals surface area contributed by atoms with E-state index in [1.54, 1.807) is 6.92 Å². The minimum Gasteiger partial charge on any atom is -0.393 e. The molecule has 1 aromatic rings. The predicted octanol–water partition coefficient (Wildman–Crippen LogP) is 1.43. The van der Waals surface area contributed by atoms with E-state index in [2.05, 4.69) is 10.6 Å². The molecule has 5 nitrogen and oxygen atoms in total. The van der Waals surface area contributed by atoms with Gasteiger partial charge in [-0.15, -0.1) is 0 Å². The summed E-state index contributed by atoms with van der Waals surface area (Å²) in [6, 6.07) is 2.62. The Morgan fingerprint density at radius 1 is 1.24 bits per heavy atom. The molecule has 0 aromatic heterocycles. The van der Waals surface area contributed by atoms with E-state index in [0.29, 0.717) is 12.5 Å². The second-order valence-corrected chi connectivity index (χ2v) is 4.98. The zero-order valence-electron chi connectivity index (χ0n) is 11.8. The maximum atomic E-state index is 13.3. The highest BCUT2D eigenvalue weighted by Crippen LogP contribution is 2.14. The van der Waals surface area contributed by atoms with Crippen LogP contribution < -0.4 is 10.6 Å². The van der Waals surface area contributed by atoms with Crippen LogP contribution in [0.2, 0.25) is 0 Å². The van der Waals surface area contributed by atoms with E-state index in [4.69, 9.17) is 0 Å². The molecule has 0 radical (unpaired) electrons. The summed E-state index contributed by atoms with van der Waals surface area (Å²) >= 11 is 0. The molecule has 2 unspecified atom stereocenters. The van der Waals surface area contributed by atoms with Gasteiger partial charge in [-0.25, -0.2) is 8.78 Å². The van der Waals surface area contributed by atoms with Crippen LogP contribution >= 0.6 is 0 Å². The normalized spacial score (nSPS) is 13.4. The molecule has 0 aliphatic carbocycles. The monoisotopic (exact) mass is 300 g/mol. The van der Waals surface area contributed by atoms with Gasteiger partial charge in [-0.1, -0.05) is 6.92 Å². The maximum absolute atomic E-state index is 13.3. The van der Waals surface area contributed by atoms with Gasteiger partial charge in [0.2, 0.25) is 0 Å². The number of benzene rings is 1. The van der Waals surface area contributed by atoms with Crippen LogP contribution in [0.5, 0.6) is 0 Å². The molecule has 1 rings (SSSR count). The first kappa shape index (κ1) is 17.0. The first-order chi connectivity index (χ1) is 9.79. The minimum atomic E-state index is -1.04. The molecule has 7 heteroatoms. The summed E-state index contributed by atoms with van der Waals surface area (Å²) in [5.41, 5.74) is -0.270. The number of aliphatic hydroxyl groups excluding tert-OH is 1. The quantitative estimate of drug-likeness (QED) is 0.720. The summed E-state index contributed by atoms with van der Waals surface area (Å²) in [4.78, 5) is 23.1. The lowest BCUT2D eigenvalue weighted by Crippen LogP contribution is -2.38. The lowest BCUT2D eigenvalue weighted by molar-refractivity contribution is -0.136. The Hall–Kier alpha value is -2.02. The molecule has 21 heavy (non-hydrogen) atoms. The minimum absolute atomic E-state index is 0.00990. The highest BCUT2D eigenvalue weighted by molar-refractivity contribution is 6.39. The van der Waals surface area contributed by atoms with Crippen molar-refractivity contribution in [2.24, 2.45) is 5.92 Å². The highest BCUT2D eigenvalue weighted by atomic mass is 19.1. The number of carbonyl (C=O) groups excluding carboxylic acids is 2. The highest BCUT2D eigenvalue weighted by Gasteiger charge is 2.17. The molecule has 0 heterocycles. The number of carbonyl (C=O) groups is 2. The molecule has 116 valence electrons. The van der Waals surface area contributed by atoms with Crippen LogP contribution in [0, 0.1) is 17.6 Å². The van der Waals surface area contributed by atoms with E-state index >= 15 is 0 Å². The van der Waals surface area contributed by atoms with Crippen LogP contribution in [0.4, 0.5) is 14.5 Å². The fraction of sp³-hybridized carbons (Fsp3) is 0.429. The number of amides is 2. The van der Waals surface area contributed by atoms with Gasteiger partial charge in [0.15, 0.2) is 0 Å². The topological polar surface area (TPSA) is 78.4 Å². The number of rotatable bonds is 5. The second-order valence-electron chi connectivity index (χ2n) is 4.98. The SMILES string of the molecule is CC(O)CC(C)CNC(=O)C(=O)Nc1ccc(F)cc1F. The van der Waals surface area contributed by atoms with Crippen molar-refractivity contribution in [3.05, 3.63) is 29.8 Å². The third-order valence-corrected chi connectivity index (χ3v) is 2.74. The van der Waals surface area contributed by atoms with Crippen LogP contribution in [0.25, 0.3) is 0 Å². The number of hydrogen-bond acceptors (Lipinski definition) is 3. The second kappa shape index (κ2) is 7.68. The largest absolute Gasteiger partial charge is 0.393 e. The summed E-state index contributed by atoms with van der Waals surface area (Å²) in [5.74, 6) is -3.70. The van der Waals surface area contributed by atoms with Crippen molar-refractivity contribution in [2.75, 3.05) is 11.9 Å². The van der Waals surface area contributed by atoms with Crippen LogP contribution in [0.3, 0.4) is 0 Å². The molecule has 2 atom stereocenters. The first-order valence-corrected chi connectivity index (χ1v) is 6.52.